The number of imide groups is 1. The molecule has 14 nitrogen and oxygen atoms in total. The van der Waals surface area contributed by atoms with Crippen molar-refractivity contribution in [3.05, 3.63) is 58.4 Å². The molecule has 4 heterocycles. The number of carboxylic acid groups (broad SMARTS) is 1. The molecule has 1 unspecified atom stereocenters. The Bertz CT molecular complexity index is 1590. The van der Waals surface area contributed by atoms with E-state index in [9.17, 15) is 32.3 Å². The zero-order valence-corrected chi connectivity index (χ0v) is 22.4. The standard InChI is InChI=1S/C24H24N8O4.C2HF3O2/c33-21-8-7-19(23(35)28-21)31-11-13-5-6-14(9-15(13)24(31)36)32-12-18(29-30-32)22(34)25-10-20-26-16-3-1-2-4-17(16)27-20;3-2(4,5)1(6)7/h5-6,9,12,19H,1-4,7-8,10-11H2,(H,25,34)(H,26,27)(H,28,33,35);(H,6,7). The third-order valence-corrected chi connectivity index (χ3v) is 7.16. The van der Waals surface area contributed by atoms with E-state index in [1.807, 2.05) is 0 Å². The summed E-state index contributed by atoms with van der Waals surface area (Å²) in [5, 5.41) is 20.3. The summed E-state index contributed by atoms with van der Waals surface area (Å²) in [6, 6.07) is 4.58. The topological polar surface area (TPSA) is 192 Å². The van der Waals surface area contributed by atoms with Crippen LogP contribution in [0.5, 0.6) is 0 Å². The first-order valence-corrected chi connectivity index (χ1v) is 13.3. The summed E-state index contributed by atoms with van der Waals surface area (Å²) in [5.74, 6) is -3.46. The van der Waals surface area contributed by atoms with Gasteiger partial charge in [0.05, 0.1) is 24.1 Å². The first-order valence-electron chi connectivity index (χ1n) is 13.3. The number of fused-ring (bicyclic) bond motifs is 2. The third kappa shape index (κ3) is 6.39. The van der Waals surface area contributed by atoms with Gasteiger partial charge in [0.2, 0.25) is 11.8 Å². The van der Waals surface area contributed by atoms with Crippen LogP contribution in [0.25, 0.3) is 5.69 Å². The quantitative estimate of drug-likeness (QED) is 0.311. The molecule has 1 saturated heterocycles. The molecule has 226 valence electrons. The lowest BCUT2D eigenvalue weighted by atomic mass is 10.0. The number of aromatic amines is 1. The van der Waals surface area contributed by atoms with E-state index in [4.69, 9.17) is 9.90 Å². The second kappa shape index (κ2) is 11.7. The fourth-order valence-electron chi connectivity index (χ4n) is 5.03. The van der Waals surface area contributed by atoms with Gasteiger partial charge in [-0.05, 0) is 49.8 Å². The molecule has 1 atom stereocenters. The normalized spacial score (nSPS) is 17.9. The highest BCUT2D eigenvalue weighted by Gasteiger charge is 2.39. The summed E-state index contributed by atoms with van der Waals surface area (Å²) in [6.45, 7) is 0.560. The first kappa shape index (κ1) is 29.4. The molecule has 17 heteroatoms. The van der Waals surface area contributed by atoms with Crippen LogP contribution < -0.4 is 10.6 Å². The van der Waals surface area contributed by atoms with Gasteiger partial charge in [0.25, 0.3) is 11.8 Å². The van der Waals surface area contributed by atoms with Crippen molar-refractivity contribution in [1.82, 2.24) is 40.5 Å². The SMILES string of the molecule is O=C(O)C(F)(F)F.O=C1CCC(N2Cc3ccc(-n4cc(C(=O)NCc5nc6c([nH]5)CCCC6)nn4)cc3C2=O)C(=O)N1. The van der Waals surface area contributed by atoms with Crippen LogP contribution in [-0.2, 0) is 40.3 Å². The van der Waals surface area contributed by atoms with Crippen molar-refractivity contribution in [3.63, 3.8) is 0 Å². The van der Waals surface area contributed by atoms with Gasteiger partial charge in [0.1, 0.15) is 11.9 Å². The Morgan fingerprint density at radius 1 is 1.12 bits per heavy atom. The minimum absolute atomic E-state index is 0.142. The van der Waals surface area contributed by atoms with E-state index in [-0.39, 0.29) is 36.4 Å². The second-order valence-electron chi connectivity index (χ2n) is 10.1. The lowest BCUT2D eigenvalue weighted by Crippen LogP contribution is -2.52. The fourth-order valence-corrected chi connectivity index (χ4v) is 5.03. The number of rotatable bonds is 5. The molecular formula is C26H25F3N8O6. The number of carbonyl (C=O) groups is 5. The molecule has 1 aromatic carbocycles. The van der Waals surface area contributed by atoms with Gasteiger partial charge >= 0.3 is 12.1 Å². The number of imidazole rings is 1. The van der Waals surface area contributed by atoms with E-state index in [1.54, 1.807) is 18.2 Å². The Morgan fingerprint density at radius 3 is 2.56 bits per heavy atom. The van der Waals surface area contributed by atoms with Gasteiger partial charge in [-0.2, -0.15) is 13.2 Å². The molecule has 0 spiro atoms. The maximum absolute atomic E-state index is 13.1. The number of carbonyl (C=O) groups excluding carboxylic acids is 4. The Kier molecular flexibility index (Phi) is 7.97. The predicted octanol–water partition coefficient (Wildman–Crippen LogP) is 1.19. The molecule has 43 heavy (non-hydrogen) atoms. The largest absolute Gasteiger partial charge is 0.490 e. The van der Waals surface area contributed by atoms with Crippen molar-refractivity contribution < 1.29 is 42.3 Å². The average Bonchev–Trinajstić information content (AvgIpc) is 3.69. The van der Waals surface area contributed by atoms with Crippen LogP contribution in [0.4, 0.5) is 13.2 Å². The summed E-state index contributed by atoms with van der Waals surface area (Å²) >= 11 is 0. The number of hydrogen-bond acceptors (Lipinski definition) is 8. The number of aryl methyl sites for hydroxylation is 2. The van der Waals surface area contributed by atoms with Crippen molar-refractivity contribution in [2.24, 2.45) is 0 Å². The Hall–Kier alpha value is -5.09. The van der Waals surface area contributed by atoms with Gasteiger partial charge in [-0.1, -0.05) is 11.3 Å². The van der Waals surface area contributed by atoms with Gasteiger partial charge in [0.15, 0.2) is 5.69 Å². The smallest absolute Gasteiger partial charge is 0.475 e. The zero-order valence-electron chi connectivity index (χ0n) is 22.4. The van der Waals surface area contributed by atoms with Crippen LogP contribution in [0.1, 0.15) is 69.3 Å². The van der Waals surface area contributed by atoms with E-state index < -0.39 is 24.1 Å². The number of nitrogens with zero attached hydrogens (tertiary/aromatic N) is 5. The van der Waals surface area contributed by atoms with Crippen LogP contribution in [0.2, 0.25) is 0 Å². The van der Waals surface area contributed by atoms with E-state index in [0.29, 0.717) is 24.2 Å². The number of benzene rings is 1. The average molecular weight is 603 g/mol. The summed E-state index contributed by atoms with van der Waals surface area (Å²) in [7, 11) is 0. The number of H-pyrrole nitrogens is 1. The second-order valence-corrected chi connectivity index (χ2v) is 10.1. The Labute approximate surface area is 240 Å². The van der Waals surface area contributed by atoms with Crippen molar-refractivity contribution >= 4 is 29.6 Å². The van der Waals surface area contributed by atoms with Gasteiger partial charge in [-0.3, -0.25) is 24.5 Å². The summed E-state index contributed by atoms with van der Waals surface area (Å²) in [4.78, 5) is 67.6. The van der Waals surface area contributed by atoms with E-state index in [1.165, 1.54) is 15.8 Å². The number of aromatic nitrogens is 5. The molecule has 2 aromatic heterocycles. The predicted molar refractivity (Wildman–Crippen MR) is 137 cm³/mol. The van der Waals surface area contributed by atoms with Gasteiger partial charge < -0.3 is 20.3 Å². The minimum atomic E-state index is -5.08. The first-order chi connectivity index (χ1) is 20.4. The van der Waals surface area contributed by atoms with Gasteiger partial charge in [-0.15, -0.1) is 5.10 Å². The highest BCUT2D eigenvalue weighted by molar-refractivity contribution is 6.05. The summed E-state index contributed by atoms with van der Waals surface area (Å²) in [6.07, 6.45) is 1.15. The van der Waals surface area contributed by atoms with Crippen LogP contribution in [0, 0.1) is 0 Å². The van der Waals surface area contributed by atoms with Crippen molar-refractivity contribution in [3.8, 4) is 5.69 Å². The van der Waals surface area contributed by atoms with E-state index in [0.717, 1.165) is 48.5 Å². The fraction of sp³-hybridized carbons (Fsp3) is 0.385. The Balaban J connectivity index is 0.000000472. The number of hydrogen-bond donors (Lipinski definition) is 4. The van der Waals surface area contributed by atoms with Crippen LogP contribution in [-0.4, -0.2) is 76.8 Å². The lowest BCUT2D eigenvalue weighted by molar-refractivity contribution is -0.192. The number of amides is 4. The molecular weight excluding hydrogens is 577 g/mol. The maximum atomic E-state index is 13.1. The van der Waals surface area contributed by atoms with Crippen LogP contribution in [0.15, 0.2) is 24.4 Å². The van der Waals surface area contributed by atoms with E-state index >= 15 is 0 Å². The molecule has 1 aliphatic carbocycles. The van der Waals surface area contributed by atoms with Crippen LogP contribution in [0.3, 0.4) is 0 Å². The van der Waals surface area contributed by atoms with Crippen molar-refractivity contribution in [2.45, 2.75) is 63.8 Å². The number of piperidine rings is 1. The van der Waals surface area contributed by atoms with Crippen molar-refractivity contribution in [2.75, 3.05) is 0 Å². The molecule has 3 aromatic rings. The van der Waals surface area contributed by atoms with Crippen molar-refractivity contribution in [1.29, 1.82) is 0 Å². The molecule has 3 aliphatic rings. The zero-order chi connectivity index (χ0) is 30.9. The molecule has 6 rings (SSSR count). The minimum Gasteiger partial charge on any atom is -0.475 e. The summed E-state index contributed by atoms with van der Waals surface area (Å²) in [5.41, 5.74) is 4.19. The van der Waals surface area contributed by atoms with E-state index in [2.05, 4.69) is 30.9 Å². The molecule has 2 aliphatic heterocycles. The number of alkyl halides is 3. The molecule has 1 fully saturated rings. The number of aliphatic carboxylic acids is 1. The third-order valence-electron chi connectivity index (χ3n) is 7.16. The highest BCUT2D eigenvalue weighted by atomic mass is 19.4. The summed E-state index contributed by atoms with van der Waals surface area (Å²) < 4.78 is 33.2. The highest BCUT2D eigenvalue weighted by Crippen LogP contribution is 2.29. The maximum Gasteiger partial charge on any atom is 0.490 e. The molecule has 0 saturated carbocycles. The number of halogens is 3. The molecule has 4 amide bonds. The molecule has 0 bridgehead atoms. The molecule has 4 N–H and O–H groups in total. The Morgan fingerprint density at radius 2 is 1.86 bits per heavy atom. The molecule has 0 radical (unpaired) electrons. The monoisotopic (exact) mass is 602 g/mol. The number of carboxylic acids is 1. The van der Waals surface area contributed by atoms with Gasteiger partial charge in [0, 0.05) is 24.2 Å². The lowest BCUT2D eigenvalue weighted by Gasteiger charge is -2.29. The number of nitrogens with one attached hydrogen (secondary N) is 3. The van der Waals surface area contributed by atoms with Gasteiger partial charge in [-0.25, -0.2) is 14.5 Å². The van der Waals surface area contributed by atoms with Crippen LogP contribution >= 0.6 is 0 Å².